The van der Waals surface area contributed by atoms with Gasteiger partial charge in [0.2, 0.25) is 10.0 Å². The molecule has 1 aromatic heterocycles. The number of amides is 1. The van der Waals surface area contributed by atoms with Crippen LogP contribution in [0.25, 0.3) is 0 Å². The van der Waals surface area contributed by atoms with Crippen LogP contribution in [-0.2, 0) is 16.6 Å². The molecular formula is C31H38N4O5S2. The summed E-state index contributed by atoms with van der Waals surface area (Å²) < 4.78 is 39.4. The number of hydrogen-bond acceptors (Lipinski definition) is 8. The van der Waals surface area contributed by atoms with Crippen molar-refractivity contribution in [2.75, 3.05) is 51.8 Å². The third kappa shape index (κ3) is 5.88. The van der Waals surface area contributed by atoms with Crippen LogP contribution >= 0.6 is 11.3 Å². The van der Waals surface area contributed by atoms with Gasteiger partial charge < -0.3 is 19.3 Å². The van der Waals surface area contributed by atoms with E-state index in [9.17, 15) is 13.2 Å². The Bertz CT molecular complexity index is 1520. The molecule has 1 atom stereocenters. The van der Waals surface area contributed by atoms with E-state index in [0.29, 0.717) is 35.1 Å². The predicted octanol–water partition coefficient (Wildman–Crippen LogP) is 4.51. The van der Waals surface area contributed by atoms with Gasteiger partial charge in [0.25, 0.3) is 5.91 Å². The first-order valence-electron chi connectivity index (χ1n) is 14.6. The zero-order valence-corrected chi connectivity index (χ0v) is 25.8. The van der Waals surface area contributed by atoms with Crippen LogP contribution in [0.5, 0.6) is 11.5 Å². The highest BCUT2D eigenvalue weighted by molar-refractivity contribution is 7.91. The average molecular weight is 611 g/mol. The van der Waals surface area contributed by atoms with Gasteiger partial charge in [0.15, 0.2) is 11.5 Å². The molecule has 2 aliphatic heterocycles. The third-order valence-electron chi connectivity index (χ3n) is 8.56. The van der Waals surface area contributed by atoms with Crippen molar-refractivity contribution in [1.29, 1.82) is 0 Å². The monoisotopic (exact) mass is 610 g/mol. The standard InChI is InChI=1S/C31H38N4O5S2/c1-39-28-13-10-22(20-29(28)40-2)26(8-4-14-32-42(37,38)30-9-5-19-41-30)35-21-25-24(31(35)36)6-3-7-27(25)34-17-15-33(16-18-34)23-11-12-23/h3,5-7,9-10,13,19-20,23,26,32H,4,8,11-12,14-18,21H2,1-2H3/t26-/m1/s1. The van der Waals surface area contributed by atoms with Gasteiger partial charge in [-0.3, -0.25) is 9.69 Å². The summed E-state index contributed by atoms with van der Waals surface area (Å²) >= 11 is 1.19. The number of sulfonamides is 1. The van der Waals surface area contributed by atoms with Crippen molar-refractivity contribution >= 4 is 33.0 Å². The molecule has 1 amide bonds. The molecule has 1 saturated carbocycles. The second-order valence-corrected chi connectivity index (χ2v) is 14.0. The maximum absolute atomic E-state index is 14.0. The average Bonchev–Trinajstić information content (AvgIpc) is 3.59. The number of nitrogens with zero attached hydrogens (tertiary/aromatic N) is 3. The molecular weight excluding hydrogens is 572 g/mol. The largest absolute Gasteiger partial charge is 0.493 e. The number of fused-ring (bicyclic) bond motifs is 1. The molecule has 2 fully saturated rings. The van der Waals surface area contributed by atoms with Gasteiger partial charge in [-0.15, -0.1) is 11.3 Å². The predicted molar refractivity (Wildman–Crippen MR) is 164 cm³/mol. The van der Waals surface area contributed by atoms with Gasteiger partial charge in [-0.25, -0.2) is 13.1 Å². The van der Waals surface area contributed by atoms with E-state index in [4.69, 9.17) is 9.47 Å². The van der Waals surface area contributed by atoms with Crippen molar-refractivity contribution in [1.82, 2.24) is 14.5 Å². The lowest BCUT2D eigenvalue weighted by molar-refractivity contribution is 0.0689. The highest BCUT2D eigenvalue weighted by atomic mass is 32.2. The topological polar surface area (TPSA) is 91.4 Å². The van der Waals surface area contributed by atoms with Crippen LogP contribution in [0, 0.1) is 0 Å². The van der Waals surface area contributed by atoms with E-state index < -0.39 is 10.0 Å². The molecule has 1 saturated heterocycles. The van der Waals surface area contributed by atoms with Gasteiger partial charge in [0.1, 0.15) is 4.21 Å². The molecule has 224 valence electrons. The Morgan fingerprint density at radius 1 is 1.00 bits per heavy atom. The lowest BCUT2D eigenvalue weighted by Crippen LogP contribution is -2.47. The second-order valence-electron chi connectivity index (χ2n) is 11.1. The quantitative estimate of drug-likeness (QED) is 0.302. The van der Waals surface area contributed by atoms with Crippen LogP contribution in [0.4, 0.5) is 5.69 Å². The van der Waals surface area contributed by atoms with E-state index in [0.717, 1.165) is 54.6 Å². The summed E-state index contributed by atoms with van der Waals surface area (Å²) in [7, 11) is -0.356. The normalized spacial score (nSPS) is 18.3. The van der Waals surface area contributed by atoms with Gasteiger partial charge in [-0.1, -0.05) is 18.2 Å². The Morgan fingerprint density at radius 2 is 1.79 bits per heavy atom. The van der Waals surface area contributed by atoms with Crippen LogP contribution in [0.3, 0.4) is 0 Å². The van der Waals surface area contributed by atoms with E-state index in [-0.39, 0.29) is 18.5 Å². The van der Waals surface area contributed by atoms with Gasteiger partial charge >= 0.3 is 0 Å². The summed E-state index contributed by atoms with van der Waals surface area (Å²) in [5.74, 6) is 1.21. The molecule has 0 bridgehead atoms. The zero-order valence-electron chi connectivity index (χ0n) is 24.1. The molecule has 9 nitrogen and oxygen atoms in total. The molecule has 6 rings (SSSR count). The summed E-state index contributed by atoms with van der Waals surface area (Å²) in [6.45, 7) is 4.82. The molecule has 3 aliphatic rings. The molecule has 0 unspecified atom stereocenters. The molecule has 1 aliphatic carbocycles. The first-order valence-corrected chi connectivity index (χ1v) is 16.9. The first kappa shape index (κ1) is 29.0. The lowest BCUT2D eigenvalue weighted by atomic mass is 9.99. The van der Waals surface area contributed by atoms with E-state index >= 15 is 0 Å². The minimum Gasteiger partial charge on any atom is -0.493 e. The molecule has 11 heteroatoms. The number of rotatable bonds is 12. The first-order chi connectivity index (χ1) is 20.4. The Morgan fingerprint density at radius 3 is 2.48 bits per heavy atom. The van der Waals surface area contributed by atoms with Crippen molar-refractivity contribution in [3.05, 3.63) is 70.6 Å². The number of thiophene rings is 1. The summed E-state index contributed by atoms with van der Waals surface area (Å²) in [6.07, 6.45) is 3.77. The van der Waals surface area contributed by atoms with E-state index in [1.807, 2.05) is 35.2 Å². The van der Waals surface area contributed by atoms with E-state index in [1.165, 1.54) is 24.2 Å². The van der Waals surface area contributed by atoms with Gasteiger partial charge in [0.05, 0.1) is 20.3 Å². The van der Waals surface area contributed by atoms with Crippen LogP contribution in [0.2, 0.25) is 0 Å². The van der Waals surface area contributed by atoms with E-state index in [2.05, 4.69) is 20.6 Å². The number of piperazine rings is 1. The van der Waals surface area contributed by atoms with Crippen molar-refractivity contribution in [2.45, 2.75) is 48.5 Å². The van der Waals surface area contributed by atoms with Crippen LogP contribution in [0.1, 0.15) is 53.2 Å². The SMILES string of the molecule is COc1ccc([C@@H](CCCNS(=O)(=O)c2cccs2)N2Cc3c(cccc3N3CCN(C4CC4)CC3)C2=O)cc1OC. The van der Waals surface area contributed by atoms with Crippen molar-refractivity contribution in [2.24, 2.45) is 0 Å². The van der Waals surface area contributed by atoms with Crippen LogP contribution in [-0.4, -0.2) is 77.1 Å². The Labute approximate surface area is 252 Å². The second kappa shape index (κ2) is 12.2. The molecule has 3 aromatic rings. The molecule has 3 heterocycles. The molecule has 42 heavy (non-hydrogen) atoms. The smallest absolute Gasteiger partial charge is 0.255 e. The fraction of sp³-hybridized carbons (Fsp3) is 0.452. The number of methoxy groups -OCH3 is 2. The maximum Gasteiger partial charge on any atom is 0.255 e. The van der Waals surface area contributed by atoms with Crippen LogP contribution in [0.15, 0.2) is 58.1 Å². The number of hydrogen-bond donors (Lipinski definition) is 1. The van der Waals surface area contributed by atoms with Gasteiger partial charge in [-0.2, -0.15) is 0 Å². The summed E-state index contributed by atoms with van der Waals surface area (Å²) in [4.78, 5) is 20.9. The fourth-order valence-corrected chi connectivity index (χ4v) is 8.32. The molecule has 0 radical (unpaired) electrons. The summed E-state index contributed by atoms with van der Waals surface area (Å²) in [5, 5.41) is 1.75. The van der Waals surface area contributed by atoms with Gasteiger partial charge in [0, 0.05) is 62.1 Å². The number of carbonyl (C=O) groups is 1. The number of ether oxygens (including phenoxy) is 2. The number of benzene rings is 2. The summed E-state index contributed by atoms with van der Waals surface area (Å²) in [6, 6.07) is 15.7. The summed E-state index contributed by atoms with van der Waals surface area (Å²) in [5.41, 5.74) is 3.90. The van der Waals surface area contributed by atoms with Gasteiger partial charge in [-0.05, 0) is 67.0 Å². The highest BCUT2D eigenvalue weighted by Crippen LogP contribution is 2.41. The number of anilines is 1. The fourth-order valence-electron chi connectivity index (χ4n) is 6.21. The maximum atomic E-state index is 14.0. The van der Waals surface area contributed by atoms with Crippen molar-refractivity contribution in [3.8, 4) is 11.5 Å². The van der Waals surface area contributed by atoms with E-state index in [1.54, 1.807) is 31.7 Å². The zero-order chi connectivity index (χ0) is 29.3. The van der Waals surface area contributed by atoms with Crippen LogP contribution < -0.4 is 19.1 Å². The van der Waals surface area contributed by atoms with Crippen molar-refractivity contribution in [3.63, 3.8) is 0 Å². The van der Waals surface area contributed by atoms with Crippen molar-refractivity contribution < 1.29 is 22.7 Å². The molecule has 0 spiro atoms. The third-order valence-corrected chi connectivity index (χ3v) is 11.4. The Balaban J connectivity index is 1.23. The minimum absolute atomic E-state index is 0.00224. The number of carbonyl (C=O) groups excluding carboxylic acids is 1. The highest BCUT2D eigenvalue weighted by Gasteiger charge is 2.37. The number of nitrogens with one attached hydrogen (secondary N) is 1. The molecule has 1 N–H and O–H groups in total. The lowest BCUT2D eigenvalue weighted by Gasteiger charge is -2.37. The minimum atomic E-state index is -3.55. The Kier molecular flexibility index (Phi) is 8.44. The molecule has 2 aromatic carbocycles. The Hall–Kier alpha value is -3.12.